The Bertz CT molecular complexity index is 384. The highest BCUT2D eigenvalue weighted by Gasteiger charge is 2.18. The van der Waals surface area contributed by atoms with E-state index < -0.39 is 0 Å². The van der Waals surface area contributed by atoms with Gasteiger partial charge in [-0.2, -0.15) is 0 Å². The van der Waals surface area contributed by atoms with Crippen molar-refractivity contribution >= 4 is 5.69 Å². The van der Waals surface area contributed by atoms with Crippen molar-refractivity contribution in [2.75, 3.05) is 37.6 Å². The van der Waals surface area contributed by atoms with E-state index in [1.54, 1.807) is 12.1 Å². The van der Waals surface area contributed by atoms with Crippen molar-refractivity contribution in [3.8, 4) is 0 Å². The van der Waals surface area contributed by atoms with Gasteiger partial charge in [-0.25, -0.2) is 4.39 Å². The molecule has 0 spiro atoms. The Labute approximate surface area is 116 Å². The van der Waals surface area contributed by atoms with E-state index in [0.29, 0.717) is 0 Å². The first kappa shape index (κ1) is 14.3. The molecule has 1 heterocycles. The fourth-order valence-electron chi connectivity index (χ4n) is 2.64. The van der Waals surface area contributed by atoms with Gasteiger partial charge in [-0.3, -0.25) is 4.90 Å². The van der Waals surface area contributed by atoms with Crippen molar-refractivity contribution in [2.24, 2.45) is 5.92 Å². The van der Waals surface area contributed by atoms with E-state index in [4.69, 9.17) is 0 Å². The number of hydrogen-bond acceptors (Lipinski definition) is 2. The molecular weight excluding hydrogens is 239 g/mol. The van der Waals surface area contributed by atoms with Gasteiger partial charge in [0.1, 0.15) is 5.82 Å². The molecule has 1 aliphatic rings. The molecule has 19 heavy (non-hydrogen) atoms. The molecule has 1 saturated heterocycles. The van der Waals surface area contributed by atoms with Crippen molar-refractivity contribution in [2.45, 2.75) is 26.7 Å². The summed E-state index contributed by atoms with van der Waals surface area (Å²) in [6.07, 6.45) is 2.57. The quantitative estimate of drug-likeness (QED) is 0.804. The van der Waals surface area contributed by atoms with Gasteiger partial charge >= 0.3 is 0 Å². The van der Waals surface area contributed by atoms with E-state index in [1.807, 2.05) is 12.1 Å². The molecule has 0 radical (unpaired) electrons. The number of halogens is 1. The fourth-order valence-corrected chi connectivity index (χ4v) is 2.64. The largest absolute Gasteiger partial charge is 0.367 e. The lowest BCUT2D eigenvalue weighted by Crippen LogP contribution is -2.46. The molecule has 0 atom stereocenters. The molecule has 0 aliphatic carbocycles. The first-order valence-electron chi connectivity index (χ1n) is 7.38. The highest BCUT2D eigenvalue weighted by Crippen LogP contribution is 2.20. The summed E-state index contributed by atoms with van der Waals surface area (Å²) in [6, 6.07) is 7.09. The molecule has 1 aromatic carbocycles. The van der Waals surface area contributed by atoms with Crippen LogP contribution in [0, 0.1) is 11.7 Å². The third-order valence-electron chi connectivity index (χ3n) is 3.82. The van der Waals surface area contributed by atoms with E-state index in [2.05, 4.69) is 23.6 Å². The number of piperazine rings is 1. The third kappa shape index (κ3) is 4.20. The predicted octanol–water partition coefficient (Wildman–Crippen LogP) is 3.38. The average molecular weight is 264 g/mol. The van der Waals surface area contributed by atoms with E-state index in [0.717, 1.165) is 37.8 Å². The van der Waals surface area contributed by atoms with Crippen molar-refractivity contribution < 1.29 is 4.39 Å². The number of hydrogen-bond donors (Lipinski definition) is 0. The Morgan fingerprint density at radius 2 is 1.79 bits per heavy atom. The molecule has 2 rings (SSSR count). The van der Waals surface area contributed by atoms with E-state index in [1.165, 1.54) is 19.4 Å². The van der Waals surface area contributed by atoms with Crippen LogP contribution in [0.15, 0.2) is 24.3 Å². The summed E-state index contributed by atoms with van der Waals surface area (Å²) in [6.45, 7) is 9.69. The number of para-hydroxylation sites is 1. The number of nitrogens with zero attached hydrogens (tertiary/aromatic N) is 2. The van der Waals surface area contributed by atoms with Crippen LogP contribution in [0.25, 0.3) is 0 Å². The average Bonchev–Trinajstić information content (AvgIpc) is 2.40. The van der Waals surface area contributed by atoms with Crippen LogP contribution in [-0.2, 0) is 0 Å². The summed E-state index contributed by atoms with van der Waals surface area (Å²) in [5.41, 5.74) is 0.754. The highest BCUT2D eigenvalue weighted by atomic mass is 19.1. The minimum atomic E-state index is -0.101. The summed E-state index contributed by atoms with van der Waals surface area (Å²) in [5.74, 6) is 0.690. The second-order valence-electron chi connectivity index (χ2n) is 5.82. The maximum absolute atomic E-state index is 13.7. The summed E-state index contributed by atoms with van der Waals surface area (Å²) >= 11 is 0. The topological polar surface area (TPSA) is 6.48 Å². The summed E-state index contributed by atoms with van der Waals surface area (Å²) in [4.78, 5) is 4.66. The summed E-state index contributed by atoms with van der Waals surface area (Å²) < 4.78 is 13.7. The lowest BCUT2D eigenvalue weighted by molar-refractivity contribution is 0.248. The Hall–Kier alpha value is -1.09. The first-order chi connectivity index (χ1) is 9.16. The smallest absolute Gasteiger partial charge is 0.146 e. The lowest BCUT2D eigenvalue weighted by atomic mass is 10.1. The zero-order chi connectivity index (χ0) is 13.7. The maximum atomic E-state index is 13.7. The highest BCUT2D eigenvalue weighted by molar-refractivity contribution is 5.47. The van der Waals surface area contributed by atoms with Crippen molar-refractivity contribution in [1.82, 2.24) is 4.90 Å². The van der Waals surface area contributed by atoms with Gasteiger partial charge in [0.25, 0.3) is 0 Å². The van der Waals surface area contributed by atoms with Gasteiger partial charge in [0.2, 0.25) is 0 Å². The van der Waals surface area contributed by atoms with Gasteiger partial charge < -0.3 is 4.90 Å². The number of benzene rings is 1. The molecule has 1 fully saturated rings. The van der Waals surface area contributed by atoms with Crippen molar-refractivity contribution in [1.29, 1.82) is 0 Å². The van der Waals surface area contributed by atoms with Gasteiger partial charge in [-0.15, -0.1) is 0 Å². The zero-order valence-corrected chi connectivity index (χ0v) is 12.1. The molecule has 1 aromatic rings. The monoisotopic (exact) mass is 264 g/mol. The van der Waals surface area contributed by atoms with Gasteiger partial charge in [-0.05, 0) is 37.4 Å². The van der Waals surface area contributed by atoms with Crippen LogP contribution < -0.4 is 4.90 Å². The zero-order valence-electron chi connectivity index (χ0n) is 12.1. The Morgan fingerprint density at radius 3 is 2.42 bits per heavy atom. The third-order valence-corrected chi connectivity index (χ3v) is 3.82. The van der Waals surface area contributed by atoms with E-state index >= 15 is 0 Å². The molecule has 3 heteroatoms. The van der Waals surface area contributed by atoms with Crippen LogP contribution in [0.4, 0.5) is 10.1 Å². The minimum absolute atomic E-state index is 0.101. The second kappa shape index (κ2) is 6.90. The van der Waals surface area contributed by atoms with E-state index in [-0.39, 0.29) is 5.82 Å². The maximum Gasteiger partial charge on any atom is 0.146 e. The van der Waals surface area contributed by atoms with Crippen LogP contribution in [0.1, 0.15) is 26.7 Å². The van der Waals surface area contributed by atoms with Crippen molar-refractivity contribution in [3.63, 3.8) is 0 Å². The predicted molar refractivity (Wildman–Crippen MR) is 79.1 cm³/mol. The van der Waals surface area contributed by atoms with Gasteiger partial charge in [0, 0.05) is 26.2 Å². The number of anilines is 1. The van der Waals surface area contributed by atoms with Crippen LogP contribution >= 0.6 is 0 Å². The van der Waals surface area contributed by atoms with Crippen molar-refractivity contribution in [3.05, 3.63) is 30.1 Å². The Balaban J connectivity index is 1.78. The number of rotatable bonds is 5. The molecule has 0 N–H and O–H groups in total. The standard InChI is InChI=1S/C16H25FN2/c1-14(2)6-5-9-18-10-12-19(13-11-18)16-8-4-3-7-15(16)17/h3-4,7-8,14H,5-6,9-13H2,1-2H3. The molecule has 0 saturated carbocycles. The van der Waals surface area contributed by atoms with Crippen LogP contribution in [-0.4, -0.2) is 37.6 Å². The van der Waals surface area contributed by atoms with E-state index in [9.17, 15) is 4.39 Å². The molecule has 0 unspecified atom stereocenters. The molecular formula is C16H25FN2. The molecule has 0 bridgehead atoms. The summed E-state index contributed by atoms with van der Waals surface area (Å²) in [7, 11) is 0. The van der Waals surface area contributed by atoms with Crippen LogP contribution in [0.2, 0.25) is 0 Å². The van der Waals surface area contributed by atoms with Gasteiger partial charge in [-0.1, -0.05) is 26.0 Å². The fraction of sp³-hybridized carbons (Fsp3) is 0.625. The molecule has 2 nitrogen and oxygen atoms in total. The summed E-state index contributed by atoms with van der Waals surface area (Å²) in [5, 5.41) is 0. The normalized spacial score (nSPS) is 17.2. The molecule has 0 aromatic heterocycles. The first-order valence-corrected chi connectivity index (χ1v) is 7.38. The Kier molecular flexibility index (Phi) is 5.20. The Morgan fingerprint density at radius 1 is 1.11 bits per heavy atom. The van der Waals surface area contributed by atoms with Crippen LogP contribution in [0.3, 0.4) is 0 Å². The SMILES string of the molecule is CC(C)CCCN1CCN(c2ccccc2F)CC1. The molecule has 1 aliphatic heterocycles. The minimum Gasteiger partial charge on any atom is -0.367 e. The van der Waals surface area contributed by atoms with Crippen LogP contribution in [0.5, 0.6) is 0 Å². The van der Waals surface area contributed by atoms with Gasteiger partial charge in [0.05, 0.1) is 5.69 Å². The van der Waals surface area contributed by atoms with Gasteiger partial charge in [0.15, 0.2) is 0 Å². The molecule has 0 amide bonds. The molecule has 106 valence electrons. The lowest BCUT2D eigenvalue weighted by Gasteiger charge is -2.36. The second-order valence-corrected chi connectivity index (χ2v) is 5.82.